The quantitative estimate of drug-likeness (QED) is 0.416. The van der Waals surface area contributed by atoms with Crippen LogP contribution in [0.3, 0.4) is 0 Å². The van der Waals surface area contributed by atoms with Gasteiger partial charge in [0.15, 0.2) is 0 Å². The molecule has 2 unspecified atom stereocenters. The number of fused-ring (bicyclic) bond motifs is 3. The summed E-state index contributed by atoms with van der Waals surface area (Å²) in [6, 6.07) is 4.41. The van der Waals surface area contributed by atoms with Gasteiger partial charge in [0.05, 0.1) is 5.39 Å². The number of aromatic hydroxyl groups is 1. The summed E-state index contributed by atoms with van der Waals surface area (Å²) in [6.07, 6.45) is 8.52. The summed E-state index contributed by atoms with van der Waals surface area (Å²) in [5.74, 6) is -3.26. The predicted molar refractivity (Wildman–Crippen MR) is 132 cm³/mol. The highest BCUT2D eigenvalue weighted by atomic mass is 16.4. The molecule has 2 aliphatic heterocycles. The van der Waals surface area contributed by atoms with Crippen LogP contribution in [-0.4, -0.2) is 72.8 Å². The van der Waals surface area contributed by atoms with Gasteiger partial charge in [-0.1, -0.05) is 13.3 Å². The molecule has 11 nitrogen and oxygen atoms in total. The molecule has 4 rings (SSSR count). The first-order chi connectivity index (χ1) is 17.1. The van der Waals surface area contributed by atoms with Crippen LogP contribution in [0.5, 0.6) is 5.75 Å². The minimum absolute atomic E-state index is 0.0358. The molecule has 4 N–H and O–H groups in total. The number of hydrogen-bond donors (Lipinski definition) is 4. The van der Waals surface area contributed by atoms with Crippen LogP contribution in [0.25, 0.3) is 11.0 Å². The van der Waals surface area contributed by atoms with E-state index in [2.05, 4.69) is 22.2 Å². The fourth-order valence-corrected chi connectivity index (χ4v) is 4.92. The predicted octanol–water partition coefficient (Wildman–Crippen LogP) is 1.97. The summed E-state index contributed by atoms with van der Waals surface area (Å²) in [4.78, 5) is 51.9. The van der Waals surface area contributed by atoms with Gasteiger partial charge >= 0.3 is 11.9 Å². The summed E-state index contributed by atoms with van der Waals surface area (Å²) >= 11 is 0. The van der Waals surface area contributed by atoms with Gasteiger partial charge in [0.2, 0.25) is 0 Å². The van der Waals surface area contributed by atoms with Gasteiger partial charge in [-0.3, -0.25) is 14.2 Å². The fourth-order valence-electron chi connectivity index (χ4n) is 4.92. The number of carboxylic acids is 2. The largest absolute Gasteiger partial charge is 0.506 e. The lowest BCUT2D eigenvalue weighted by Gasteiger charge is -2.36. The third-order valence-electron chi connectivity index (χ3n) is 6.76. The Morgan fingerprint density at radius 3 is 2.31 bits per heavy atom. The highest BCUT2D eigenvalue weighted by Crippen LogP contribution is 2.34. The fraction of sp³-hybridized carbons (Fsp3) is 0.480. The van der Waals surface area contributed by atoms with Gasteiger partial charge < -0.3 is 25.5 Å². The molecule has 1 amide bonds. The molecular formula is C25H32N4O7. The van der Waals surface area contributed by atoms with Crippen LogP contribution in [0.15, 0.2) is 35.3 Å². The van der Waals surface area contributed by atoms with Crippen LogP contribution < -0.4 is 10.9 Å². The van der Waals surface area contributed by atoms with Gasteiger partial charge in [0.1, 0.15) is 17.0 Å². The number of aromatic nitrogens is 2. The summed E-state index contributed by atoms with van der Waals surface area (Å²) in [6.45, 7) is 2.52. The zero-order chi connectivity index (χ0) is 26.4. The molecule has 0 spiro atoms. The monoisotopic (exact) mass is 500 g/mol. The first-order valence-electron chi connectivity index (χ1n) is 12.0. The zero-order valence-electron chi connectivity index (χ0n) is 20.4. The SMILES string of the molecule is CCCCn1c(=O)c(C(=O)NC2CC3CCC(C2)N3C)c(O)c2cccnc21.O=C(O)/C=C/C(=O)O. The zero-order valence-corrected chi connectivity index (χ0v) is 20.4. The average Bonchev–Trinajstić information content (AvgIpc) is 3.03. The van der Waals surface area contributed by atoms with Gasteiger partial charge in [0.25, 0.3) is 11.5 Å². The molecule has 0 aliphatic carbocycles. The summed E-state index contributed by atoms with van der Waals surface area (Å²) in [5, 5.41) is 29.8. The van der Waals surface area contributed by atoms with Crippen LogP contribution in [0, 0.1) is 0 Å². The number of unbranched alkanes of at least 4 members (excludes halogenated alkanes) is 1. The Kier molecular flexibility index (Phi) is 8.81. The average molecular weight is 501 g/mol. The second-order valence-electron chi connectivity index (χ2n) is 9.11. The summed E-state index contributed by atoms with van der Waals surface area (Å²) < 4.78 is 1.52. The molecule has 2 aromatic heterocycles. The number of carboxylic acid groups (broad SMARTS) is 2. The van der Waals surface area contributed by atoms with E-state index in [0.29, 0.717) is 41.8 Å². The van der Waals surface area contributed by atoms with Crippen LogP contribution in [-0.2, 0) is 16.1 Å². The van der Waals surface area contributed by atoms with Gasteiger partial charge in [0, 0.05) is 43.0 Å². The summed E-state index contributed by atoms with van der Waals surface area (Å²) in [7, 11) is 2.15. The van der Waals surface area contributed by atoms with E-state index < -0.39 is 23.4 Å². The molecule has 4 heterocycles. The van der Waals surface area contributed by atoms with Crippen molar-refractivity contribution in [2.75, 3.05) is 7.05 Å². The van der Waals surface area contributed by atoms with Crippen molar-refractivity contribution in [2.24, 2.45) is 0 Å². The lowest BCUT2D eigenvalue weighted by molar-refractivity contribution is -0.134. The standard InChI is InChI=1S/C21H28N4O3.C4H4O4/c1-3-4-10-25-19-16(6-5-9-22-19)18(26)17(21(25)28)20(27)23-13-11-14-7-8-15(12-13)24(14)2;5-3(6)1-2-4(7)8/h5-6,9,13-15,26H,3-4,7-8,10-12H2,1-2H3,(H,23,27);1-2H,(H,5,6)(H,7,8)/b;2-1+. The molecule has 2 atom stereocenters. The topological polar surface area (TPSA) is 162 Å². The van der Waals surface area contributed by atoms with E-state index in [1.807, 2.05) is 6.92 Å². The maximum Gasteiger partial charge on any atom is 0.328 e. The molecule has 2 fully saturated rings. The van der Waals surface area contributed by atoms with Gasteiger partial charge in [-0.05, 0) is 51.3 Å². The number of rotatable bonds is 7. The maximum atomic E-state index is 13.1. The highest BCUT2D eigenvalue weighted by molar-refractivity contribution is 6.01. The molecule has 2 aliphatic rings. The van der Waals surface area contributed by atoms with E-state index in [1.54, 1.807) is 18.3 Å². The Morgan fingerprint density at radius 1 is 1.14 bits per heavy atom. The molecule has 0 radical (unpaired) electrons. The number of nitrogens with one attached hydrogen (secondary N) is 1. The molecule has 2 aromatic rings. The van der Waals surface area contributed by atoms with Gasteiger partial charge in [-0.25, -0.2) is 14.6 Å². The number of carbonyl (C=O) groups is 3. The smallest absolute Gasteiger partial charge is 0.328 e. The van der Waals surface area contributed by atoms with Crippen molar-refractivity contribution in [1.82, 2.24) is 19.8 Å². The van der Waals surface area contributed by atoms with Crippen molar-refractivity contribution in [3.05, 3.63) is 46.4 Å². The van der Waals surface area contributed by atoms with Crippen molar-refractivity contribution in [3.63, 3.8) is 0 Å². The molecule has 36 heavy (non-hydrogen) atoms. The number of carbonyl (C=O) groups excluding carboxylic acids is 1. The highest BCUT2D eigenvalue weighted by Gasteiger charge is 2.39. The van der Waals surface area contributed by atoms with E-state index in [-0.39, 0.29) is 17.4 Å². The molecule has 2 bridgehead atoms. The number of piperidine rings is 1. The first-order valence-corrected chi connectivity index (χ1v) is 12.0. The third-order valence-corrected chi connectivity index (χ3v) is 6.76. The Hall–Kier alpha value is -3.73. The second-order valence-corrected chi connectivity index (χ2v) is 9.11. The Bertz CT molecular complexity index is 1190. The maximum absolute atomic E-state index is 13.1. The molecule has 11 heteroatoms. The molecule has 2 saturated heterocycles. The third kappa shape index (κ3) is 6.09. The van der Waals surface area contributed by atoms with Crippen LogP contribution in [0.1, 0.15) is 55.8 Å². The minimum atomic E-state index is -1.26. The van der Waals surface area contributed by atoms with Crippen molar-refractivity contribution in [3.8, 4) is 5.75 Å². The van der Waals surface area contributed by atoms with Gasteiger partial charge in [-0.15, -0.1) is 0 Å². The van der Waals surface area contributed by atoms with E-state index >= 15 is 0 Å². The summed E-state index contributed by atoms with van der Waals surface area (Å²) in [5.41, 5.74) is -0.208. The second kappa shape index (κ2) is 11.8. The number of amides is 1. The lowest BCUT2D eigenvalue weighted by Crippen LogP contribution is -2.49. The number of aryl methyl sites for hydroxylation is 1. The number of aliphatic carboxylic acids is 2. The van der Waals surface area contributed by atoms with Crippen LogP contribution >= 0.6 is 0 Å². The minimum Gasteiger partial charge on any atom is -0.506 e. The molecule has 194 valence electrons. The number of hydrogen-bond acceptors (Lipinski definition) is 7. The van der Waals surface area contributed by atoms with Crippen LogP contribution in [0.4, 0.5) is 0 Å². The Balaban J connectivity index is 0.000000392. The number of nitrogens with zero attached hydrogens (tertiary/aromatic N) is 3. The van der Waals surface area contributed by atoms with Crippen LogP contribution in [0.2, 0.25) is 0 Å². The molecule has 0 saturated carbocycles. The van der Waals surface area contributed by atoms with Crippen molar-refractivity contribution in [2.45, 2.75) is 70.1 Å². The van der Waals surface area contributed by atoms with Crippen molar-refractivity contribution < 1.29 is 29.7 Å². The number of pyridine rings is 2. The lowest BCUT2D eigenvalue weighted by atomic mass is 9.97. The van der Waals surface area contributed by atoms with E-state index in [9.17, 15) is 24.3 Å². The first kappa shape index (κ1) is 26.9. The van der Waals surface area contributed by atoms with E-state index in [1.165, 1.54) is 4.57 Å². The molecular weight excluding hydrogens is 468 g/mol. The molecule has 0 aromatic carbocycles. The van der Waals surface area contributed by atoms with E-state index in [4.69, 9.17) is 10.2 Å². The Morgan fingerprint density at radius 2 is 1.75 bits per heavy atom. The van der Waals surface area contributed by atoms with Gasteiger partial charge in [-0.2, -0.15) is 0 Å². The van der Waals surface area contributed by atoms with Crippen molar-refractivity contribution in [1.29, 1.82) is 0 Å². The Labute approximate surface area is 208 Å². The normalized spacial score (nSPS) is 21.2. The van der Waals surface area contributed by atoms with E-state index in [0.717, 1.165) is 38.5 Å². The van der Waals surface area contributed by atoms with Crippen molar-refractivity contribution >= 4 is 28.9 Å².